The second kappa shape index (κ2) is 7.67. The molecule has 0 fully saturated rings. The van der Waals surface area contributed by atoms with Gasteiger partial charge in [-0.05, 0) is 24.6 Å². The van der Waals surface area contributed by atoms with Gasteiger partial charge in [0.1, 0.15) is 0 Å². The van der Waals surface area contributed by atoms with Crippen LogP contribution in [0.15, 0.2) is 66.0 Å². The van der Waals surface area contributed by atoms with Crippen molar-refractivity contribution >= 4 is 23.5 Å². The molecule has 0 amide bonds. The monoisotopic (exact) mass is 411 g/mol. The number of aryl methyl sites for hydroxylation is 1. The van der Waals surface area contributed by atoms with Gasteiger partial charge in [0.2, 0.25) is 5.13 Å². The van der Waals surface area contributed by atoms with E-state index in [1.807, 2.05) is 61.5 Å². The van der Waals surface area contributed by atoms with Gasteiger partial charge in [0.05, 0.1) is 11.4 Å². The van der Waals surface area contributed by atoms with E-state index in [9.17, 15) is 13.2 Å². The Labute approximate surface area is 169 Å². The SMILES string of the molecule is Cc1ccc(-c2csc(-n3nc(/C=C\c4ccccc4)cc3C(F)(F)F)n2)cc1. The molecule has 0 atom stereocenters. The van der Waals surface area contributed by atoms with Crippen LogP contribution >= 0.6 is 11.3 Å². The summed E-state index contributed by atoms with van der Waals surface area (Å²) >= 11 is 1.13. The summed E-state index contributed by atoms with van der Waals surface area (Å²) in [6.45, 7) is 1.97. The average Bonchev–Trinajstić information content (AvgIpc) is 3.35. The smallest absolute Gasteiger partial charge is 0.218 e. The van der Waals surface area contributed by atoms with E-state index >= 15 is 0 Å². The molecule has 0 aliphatic rings. The minimum absolute atomic E-state index is 0.173. The molecular formula is C22H16F3N3S. The van der Waals surface area contributed by atoms with Crippen LogP contribution in [0.2, 0.25) is 0 Å². The lowest BCUT2D eigenvalue weighted by molar-refractivity contribution is -0.142. The molecule has 0 bridgehead atoms. The third-order valence-electron chi connectivity index (χ3n) is 4.29. The van der Waals surface area contributed by atoms with Gasteiger partial charge < -0.3 is 0 Å². The third-order valence-corrected chi connectivity index (χ3v) is 5.10. The normalized spacial score (nSPS) is 12.0. The van der Waals surface area contributed by atoms with Crippen LogP contribution in [0.3, 0.4) is 0 Å². The lowest BCUT2D eigenvalue weighted by Crippen LogP contribution is -2.13. The van der Waals surface area contributed by atoms with Crippen LogP contribution in [0.1, 0.15) is 22.5 Å². The van der Waals surface area contributed by atoms with Crippen molar-refractivity contribution in [1.29, 1.82) is 0 Å². The Bertz CT molecular complexity index is 1140. The lowest BCUT2D eigenvalue weighted by Gasteiger charge is -2.07. The molecule has 7 heteroatoms. The van der Waals surface area contributed by atoms with E-state index < -0.39 is 11.9 Å². The predicted octanol–water partition coefficient (Wildman–Crippen LogP) is 6.49. The number of benzene rings is 2. The Balaban J connectivity index is 1.70. The van der Waals surface area contributed by atoms with Gasteiger partial charge in [-0.15, -0.1) is 11.3 Å². The standard InChI is InChI=1S/C22H16F3N3S/c1-15-7-10-17(11-8-15)19-14-29-21(26-19)28-20(22(23,24)25)13-18(27-28)12-9-16-5-3-2-4-6-16/h2-14H,1H3/b12-9-. The van der Waals surface area contributed by atoms with E-state index in [0.717, 1.165) is 38.8 Å². The second-order valence-electron chi connectivity index (χ2n) is 6.49. The van der Waals surface area contributed by atoms with Crippen LogP contribution in [0.25, 0.3) is 28.5 Å². The summed E-state index contributed by atoms with van der Waals surface area (Å²) < 4.78 is 41.6. The first-order chi connectivity index (χ1) is 13.9. The molecule has 2 aromatic carbocycles. The summed E-state index contributed by atoms with van der Waals surface area (Å²) in [5.74, 6) is 0. The number of nitrogens with zero attached hydrogens (tertiary/aromatic N) is 3. The first-order valence-electron chi connectivity index (χ1n) is 8.83. The maximum Gasteiger partial charge on any atom is 0.433 e. The molecule has 0 N–H and O–H groups in total. The summed E-state index contributed by atoms with van der Waals surface area (Å²) in [5.41, 5.74) is 2.82. The fourth-order valence-electron chi connectivity index (χ4n) is 2.79. The molecule has 0 spiro atoms. The van der Waals surface area contributed by atoms with Crippen molar-refractivity contribution in [3.05, 3.63) is 88.6 Å². The molecule has 0 saturated carbocycles. The topological polar surface area (TPSA) is 30.7 Å². The Morgan fingerprint density at radius 1 is 0.966 bits per heavy atom. The molecule has 2 aromatic heterocycles. The fraction of sp³-hybridized carbons (Fsp3) is 0.0909. The van der Waals surface area contributed by atoms with Gasteiger partial charge in [-0.1, -0.05) is 66.2 Å². The highest BCUT2D eigenvalue weighted by atomic mass is 32.1. The highest BCUT2D eigenvalue weighted by Crippen LogP contribution is 2.33. The number of alkyl halides is 3. The van der Waals surface area contributed by atoms with Crippen molar-refractivity contribution in [3.63, 3.8) is 0 Å². The van der Waals surface area contributed by atoms with Crippen molar-refractivity contribution < 1.29 is 13.2 Å². The summed E-state index contributed by atoms with van der Waals surface area (Å²) in [5, 5.41) is 6.05. The summed E-state index contributed by atoms with van der Waals surface area (Å²) in [6.07, 6.45) is -1.25. The maximum atomic E-state index is 13.6. The van der Waals surface area contributed by atoms with E-state index in [1.165, 1.54) is 0 Å². The maximum absolute atomic E-state index is 13.6. The molecule has 0 aliphatic heterocycles. The van der Waals surface area contributed by atoms with Gasteiger partial charge in [0.25, 0.3) is 0 Å². The molecule has 0 saturated heterocycles. The van der Waals surface area contributed by atoms with Gasteiger partial charge in [-0.2, -0.15) is 18.3 Å². The Morgan fingerprint density at radius 3 is 2.38 bits per heavy atom. The highest BCUT2D eigenvalue weighted by Gasteiger charge is 2.36. The molecule has 0 unspecified atom stereocenters. The number of thiazole rings is 1. The van der Waals surface area contributed by atoms with E-state index in [2.05, 4.69) is 10.1 Å². The van der Waals surface area contributed by atoms with Gasteiger partial charge >= 0.3 is 6.18 Å². The Morgan fingerprint density at radius 2 is 1.69 bits per heavy atom. The zero-order valence-electron chi connectivity index (χ0n) is 15.4. The first-order valence-corrected chi connectivity index (χ1v) is 9.71. The molecule has 4 rings (SSSR count). The molecule has 3 nitrogen and oxygen atoms in total. The fourth-order valence-corrected chi connectivity index (χ4v) is 3.59. The van der Waals surface area contributed by atoms with Crippen molar-refractivity contribution in [2.45, 2.75) is 13.1 Å². The average molecular weight is 411 g/mol. The van der Waals surface area contributed by atoms with Crippen molar-refractivity contribution in [3.8, 4) is 16.4 Å². The lowest BCUT2D eigenvalue weighted by atomic mass is 10.1. The Hall–Kier alpha value is -3.19. The van der Waals surface area contributed by atoms with E-state index in [0.29, 0.717) is 5.69 Å². The number of hydrogen-bond acceptors (Lipinski definition) is 3. The van der Waals surface area contributed by atoms with Crippen molar-refractivity contribution in [1.82, 2.24) is 14.8 Å². The molecule has 4 aromatic rings. The first kappa shape index (κ1) is 19.1. The number of aromatic nitrogens is 3. The highest BCUT2D eigenvalue weighted by molar-refractivity contribution is 7.12. The second-order valence-corrected chi connectivity index (χ2v) is 7.33. The predicted molar refractivity (Wildman–Crippen MR) is 110 cm³/mol. The van der Waals surface area contributed by atoms with Crippen LogP contribution in [0.5, 0.6) is 0 Å². The van der Waals surface area contributed by atoms with Gasteiger partial charge in [0, 0.05) is 10.9 Å². The van der Waals surface area contributed by atoms with Crippen LogP contribution in [0, 0.1) is 6.92 Å². The van der Waals surface area contributed by atoms with Crippen LogP contribution < -0.4 is 0 Å². The summed E-state index contributed by atoms with van der Waals surface area (Å²) in [4.78, 5) is 4.38. The van der Waals surface area contributed by atoms with E-state index in [4.69, 9.17) is 0 Å². The quantitative estimate of drug-likeness (QED) is 0.384. The molecule has 0 aliphatic carbocycles. The molecule has 146 valence electrons. The zero-order chi connectivity index (χ0) is 20.4. The molecule has 0 radical (unpaired) electrons. The molecular weight excluding hydrogens is 395 g/mol. The number of hydrogen-bond donors (Lipinski definition) is 0. The summed E-state index contributed by atoms with van der Waals surface area (Å²) in [7, 11) is 0. The largest absolute Gasteiger partial charge is 0.433 e. The van der Waals surface area contributed by atoms with Gasteiger partial charge in [-0.25, -0.2) is 9.67 Å². The van der Waals surface area contributed by atoms with Gasteiger partial charge in [-0.3, -0.25) is 0 Å². The minimum Gasteiger partial charge on any atom is -0.218 e. The minimum atomic E-state index is -4.54. The Kier molecular flexibility index (Phi) is 5.07. The zero-order valence-corrected chi connectivity index (χ0v) is 16.2. The van der Waals surface area contributed by atoms with E-state index in [-0.39, 0.29) is 10.8 Å². The number of halogens is 3. The van der Waals surface area contributed by atoms with Crippen LogP contribution in [0.4, 0.5) is 13.2 Å². The molecule has 2 heterocycles. The molecule has 29 heavy (non-hydrogen) atoms. The van der Waals surface area contributed by atoms with Crippen LogP contribution in [-0.4, -0.2) is 14.8 Å². The third kappa shape index (κ3) is 4.30. The van der Waals surface area contributed by atoms with Crippen molar-refractivity contribution in [2.75, 3.05) is 0 Å². The van der Waals surface area contributed by atoms with E-state index in [1.54, 1.807) is 17.5 Å². The van der Waals surface area contributed by atoms with Crippen LogP contribution in [-0.2, 0) is 6.18 Å². The number of rotatable bonds is 4. The van der Waals surface area contributed by atoms with Crippen molar-refractivity contribution in [2.24, 2.45) is 0 Å². The van der Waals surface area contributed by atoms with Gasteiger partial charge in [0.15, 0.2) is 5.69 Å². The summed E-state index contributed by atoms with van der Waals surface area (Å²) in [6, 6.07) is 18.1.